The normalized spacial score (nSPS) is 18.8. The first-order valence-corrected chi connectivity index (χ1v) is 6.79. The van der Waals surface area contributed by atoms with E-state index in [1.54, 1.807) is 24.3 Å². The largest absolute Gasteiger partial charge is 0.508 e. The van der Waals surface area contributed by atoms with Crippen molar-refractivity contribution in [2.24, 2.45) is 0 Å². The van der Waals surface area contributed by atoms with Crippen LogP contribution in [0.5, 0.6) is 5.75 Å². The summed E-state index contributed by atoms with van der Waals surface area (Å²) in [5.74, 6) is 2.24. The van der Waals surface area contributed by atoms with Gasteiger partial charge in [0.1, 0.15) is 5.75 Å². The molecule has 3 N–H and O–H groups in total. The Morgan fingerprint density at radius 3 is 3.06 bits per heavy atom. The highest BCUT2D eigenvalue weighted by atomic mass is 35.5. The van der Waals surface area contributed by atoms with Gasteiger partial charge in [-0.1, -0.05) is 6.07 Å². The summed E-state index contributed by atoms with van der Waals surface area (Å²) >= 11 is 1.87. The maximum atomic E-state index is 11.7. The Labute approximate surface area is 117 Å². The standard InChI is InChI=1S/C12H16N2O2S.ClH/c15-11-3-1-2-9(6-11)14-12(16)7-10-8-17-5-4-13-10;/h1-3,6,10,13,15H,4-5,7-8H2,(H,14,16);1H. The van der Waals surface area contributed by atoms with Crippen LogP contribution in [-0.2, 0) is 4.79 Å². The van der Waals surface area contributed by atoms with Crippen LogP contribution in [-0.4, -0.2) is 35.1 Å². The number of hydrogen-bond donors (Lipinski definition) is 3. The number of amides is 1. The first-order chi connectivity index (χ1) is 8.24. The Kier molecular flexibility index (Phi) is 6.32. The highest BCUT2D eigenvalue weighted by Gasteiger charge is 2.16. The average molecular weight is 289 g/mol. The van der Waals surface area contributed by atoms with Gasteiger partial charge in [0.15, 0.2) is 0 Å². The van der Waals surface area contributed by atoms with Crippen molar-refractivity contribution in [2.75, 3.05) is 23.4 Å². The van der Waals surface area contributed by atoms with E-state index in [0.717, 1.165) is 18.1 Å². The van der Waals surface area contributed by atoms with Crippen LogP contribution >= 0.6 is 24.2 Å². The molecular formula is C12H17ClN2O2S. The van der Waals surface area contributed by atoms with Crippen LogP contribution < -0.4 is 10.6 Å². The molecule has 1 amide bonds. The van der Waals surface area contributed by atoms with Crippen molar-refractivity contribution in [2.45, 2.75) is 12.5 Å². The molecule has 1 aliphatic heterocycles. The minimum absolute atomic E-state index is 0. The molecule has 100 valence electrons. The summed E-state index contributed by atoms with van der Waals surface area (Å²) in [7, 11) is 0. The zero-order valence-corrected chi connectivity index (χ0v) is 11.5. The first kappa shape index (κ1) is 15.1. The molecule has 0 aromatic heterocycles. The van der Waals surface area contributed by atoms with Crippen LogP contribution in [0.2, 0.25) is 0 Å². The first-order valence-electron chi connectivity index (χ1n) is 5.64. The van der Waals surface area contributed by atoms with Gasteiger partial charge in [0.25, 0.3) is 0 Å². The van der Waals surface area contributed by atoms with Crippen LogP contribution in [0.1, 0.15) is 6.42 Å². The number of thioether (sulfide) groups is 1. The van der Waals surface area contributed by atoms with Crippen molar-refractivity contribution in [1.82, 2.24) is 5.32 Å². The predicted octanol–water partition coefficient (Wildman–Crippen LogP) is 1.85. The fourth-order valence-electron chi connectivity index (χ4n) is 1.77. The van der Waals surface area contributed by atoms with Gasteiger partial charge in [0.2, 0.25) is 5.91 Å². The minimum Gasteiger partial charge on any atom is -0.508 e. The topological polar surface area (TPSA) is 61.4 Å². The summed E-state index contributed by atoms with van der Waals surface area (Å²) in [6.07, 6.45) is 0.475. The van der Waals surface area contributed by atoms with E-state index in [1.807, 2.05) is 11.8 Å². The Morgan fingerprint density at radius 1 is 1.56 bits per heavy atom. The Balaban J connectivity index is 0.00000162. The number of carbonyl (C=O) groups is 1. The van der Waals surface area contributed by atoms with Crippen LogP contribution in [0.3, 0.4) is 0 Å². The minimum atomic E-state index is -0.0180. The molecule has 1 aromatic rings. The molecule has 0 bridgehead atoms. The molecule has 1 aromatic carbocycles. The molecule has 0 aliphatic carbocycles. The number of halogens is 1. The number of nitrogens with one attached hydrogen (secondary N) is 2. The fraction of sp³-hybridized carbons (Fsp3) is 0.417. The summed E-state index contributed by atoms with van der Waals surface area (Å²) in [6.45, 7) is 0.967. The van der Waals surface area contributed by atoms with E-state index in [1.165, 1.54) is 0 Å². The van der Waals surface area contributed by atoms with E-state index in [2.05, 4.69) is 10.6 Å². The summed E-state index contributed by atoms with van der Waals surface area (Å²) < 4.78 is 0. The van der Waals surface area contributed by atoms with E-state index in [-0.39, 0.29) is 30.1 Å². The number of hydrogen-bond acceptors (Lipinski definition) is 4. The van der Waals surface area contributed by atoms with Crippen molar-refractivity contribution in [3.05, 3.63) is 24.3 Å². The molecule has 1 unspecified atom stereocenters. The summed E-state index contributed by atoms with van der Waals surface area (Å²) in [5, 5.41) is 15.4. The molecule has 1 aliphatic rings. The van der Waals surface area contributed by atoms with Crippen molar-refractivity contribution in [3.8, 4) is 5.75 Å². The van der Waals surface area contributed by atoms with Gasteiger partial charge in [-0.2, -0.15) is 11.8 Å². The second-order valence-electron chi connectivity index (χ2n) is 4.03. The zero-order chi connectivity index (χ0) is 12.1. The Bertz CT molecular complexity index is 397. The Morgan fingerprint density at radius 2 is 2.39 bits per heavy atom. The predicted molar refractivity (Wildman–Crippen MR) is 77.7 cm³/mol. The molecule has 0 radical (unpaired) electrons. The summed E-state index contributed by atoms with van der Waals surface area (Å²) in [5.41, 5.74) is 0.637. The monoisotopic (exact) mass is 288 g/mol. The molecule has 0 spiro atoms. The maximum absolute atomic E-state index is 11.7. The van der Waals surface area contributed by atoms with Gasteiger partial charge in [0.05, 0.1) is 0 Å². The lowest BCUT2D eigenvalue weighted by atomic mass is 10.2. The molecule has 1 atom stereocenters. The number of anilines is 1. The van der Waals surface area contributed by atoms with Crippen molar-refractivity contribution < 1.29 is 9.90 Å². The molecule has 18 heavy (non-hydrogen) atoms. The lowest BCUT2D eigenvalue weighted by Crippen LogP contribution is -2.39. The third kappa shape index (κ3) is 4.76. The van der Waals surface area contributed by atoms with Crippen LogP contribution in [0.15, 0.2) is 24.3 Å². The van der Waals surface area contributed by atoms with Crippen LogP contribution in [0, 0.1) is 0 Å². The van der Waals surface area contributed by atoms with E-state index < -0.39 is 0 Å². The Hall–Kier alpha value is -0.910. The number of phenolic OH excluding ortho intramolecular Hbond substituents is 1. The highest BCUT2D eigenvalue weighted by molar-refractivity contribution is 7.99. The lowest BCUT2D eigenvalue weighted by molar-refractivity contribution is -0.116. The molecule has 1 fully saturated rings. The van der Waals surface area contributed by atoms with Crippen molar-refractivity contribution in [3.63, 3.8) is 0 Å². The van der Waals surface area contributed by atoms with Crippen LogP contribution in [0.4, 0.5) is 5.69 Å². The van der Waals surface area contributed by atoms with E-state index in [4.69, 9.17) is 0 Å². The van der Waals surface area contributed by atoms with Gasteiger partial charge in [-0.25, -0.2) is 0 Å². The van der Waals surface area contributed by atoms with Gasteiger partial charge in [0, 0.05) is 42.3 Å². The lowest BCUT2D eigenvalue weighted by Gasteiger charge is -2.22. The van der Waals surface area contributed by atoms with Crippen molar-refractivity contribution in [1.29, 1.82) is 0 Å². The molecule has 4 nitrogen and oxygen atoms in total. The second kappa shape index (κ2) is 7.51. The summed E-state index contributed by atoms with van der Waals surface area (Å²) in [6, 6.07) is 6.85. The third-order valence-electron chi connectivity index (χ3n) is 2.56. The molecular weight excluding hydrogens is 272 g/mol. The number of benzene rings is 1. The smallest absolute Gasteiger partial charge is 0.225 e. The van der Waals surface area contributed by atoms with E-state index in [0.29, 0.717) is 12.1 Å². The van der Waals surface area contributed by atoms with Gasteiger partial charge >= 0.3 is 0 Å². The van der Waals surface area contributed by atoms with Gasteiger partial charge < -0.3 is 15.7 Å². The number of aromatic hydroxyl groups is 1. The van der Waals surface area contributed by atoms with E-state index >= 15 is 0 Å². The third-order valence-corrected chi connectivity index (χ3v) is 3.69. The molecule has 1 heterocycles. The van der Waals surface area contributed by atoms with Gasteiger partial charge in [-0.15, -0.1) is 12.4 Å². The van der Waals surface area contributed by atoms with Gasteiger partial charge in [-0.3, -0.25) is 4.79 Å². The number of rotatable bonds is 3. The zero-order valence-electron chi connectivity index (χ0n) is 9.89. The quantitative estimate of drug-likeness (QED) is 0.794. The van der Waals surface area contributed by atoms with Crippen LogP contribution in [0.25, 0.3) is 0 Å². The number of carbonyl (C=O) groups excluding carboxylic acids is 1. The van der Waals surface area contributed by atoms with Gasteiger partial charge in [-0.05, 0) is 12.1 Å². The highest BCUT2D eigenvalue weighted by Crippen LogP contribution is 2.16. The number of phenols is 1. The van der Waals surface area contributed by atoms with E-state index in [9.17, 15) is 9.90 Å². The maximum Gasteiger partial charge on any atom is 0.225 e. The molecule has 1 saturated heterocycles. The molecule has 0 saturated carbocycles. The SMILES string of the molecule is Cl.O=C(CC1CSCCN1)Nc1cccc(O)c1. The fourth-order valence-corrected chi connectivity index (χ4v) is 2.72. The average Bonchev–Trinajstić information content (AvgIpc) is 2.30. The summed E-state index contributed by atoms with van der Waals surface area (Å²) in [4.78, 5) is 11.7. The second-order valence-corrected chi connectivity index (χ2v) is 5.18. The molecule has 6 heteroatoms. The molecule has 2 rings (SSSR count). The van der Waals surface area contributed by atoms with Crippen molar-refractivity contribution >= 4 is 35.8 Å².